The SMILES string of the molecule is CCc1ocnc1C(=O)NC1CN(S(C)(=O)=O)CC1C(C)C. The van der Waals surface area contributed by atoms with Crippen molar-refractivity contribution in [2.24, 2.45) is 11.8 Å². The number of hydrogen-bond acceptors (Lipinski definition) is 5. The Kier molecular flexibility index (Phi) is 4.91. The number of carbonyl (C=O) groups excluding carboxylic acids is 1. The van der Waals surface area contributed by atoms with Crippen LogP contribution in [0, 0.1) is 11.8 Å². The summed E-state index contributed by atoms with van der Waals surface area (Å²) in [6.07, 6.45) is 3.03. The monoisotopic (exact) mass is 329 g/mol. The van der Waals surface area contributed by atoms with Gasteiger partial charge in [-0.25, -0.2) is 13.4 Å². The van der Waals surface area contributed by atoms with Gasteiger partial charge in [0.15, 0.2) is 12.1 Å². The topological polar surface area (TPSA) is 92.5 Å². The van der Waals surface area contributed by atoms with Crippen molar-refractivity contribution in [1.82, 2.24) is 14.6 Å². The molecule has 22 heavy (non-hydrogen) atoms. The van der Waals surface area contributed by atoms with Crippen LogP contribution in [0.15, 0.2) is 10.8 Å². The maximum Gasteiger partial charge on any atom is 0.273 e. The van der Waals surface area contributed by atoms with Crippen LogP contribution in [0.3, 0.4) is 0 Å². The van der Waals surface area contributed by atoms with Crippen LogP contribution in [-0.2, 0) is 16.4 Å². The fraction of sp³-hybridized carbons (Fsp3) is 0.714. The lowest BCUT2D eigenvalue weighted by molar-refractivity contribution is 0.0919. The highest BCUT2D eigenvalue weighted by atomic mass is 32.2. The second kappa shape index (κ2) is 6.37. The molecular formula is C14H23N3O4S. The molecule has 8 heteroatoms. The van der Waals surface area contributed by atoms with E-state index in [0.717, 1.165) is 0 Å². The Hall–Kier alpha value is -1.41. The lowest BCUT2D eigenvalue weighted by atomic mass is 9.91. The Bertz CT molecular complexity index is 638. The zero-order chi connectivity index (χ0) is 16.5. The summed E-state index contributed by atoms with van der Waals surface area (Å²) in [5.41, 5.74) is 0.280. The third-order valence-corrected chi connectivity index (χ3v) is 5.39. The Balaban J connectivity index is 2.15. The molecule has 1 aliphatic heterocycles. The Morgan fingerprint density at radius 3 is 2.73 bits per heavy atom. The first-order chi connectivity index (χ1) is 10.2. The van der Waals surface area contributed by atoms with Crippen LogP contribution in [0.25, 0.3) is 0 Å². The fourth-order valence-corrected chi connectivity index (χ4v) is 3.71. The van der Waals surface area contributed by atoms with Crippen molar-refractivity contribution in [1.29, 1.82) is 0 Å². The number of rotatable bonds is 5. The van der Waals surface area contributed by atoms with Crippen molar-refractivity contribution in [3.05, 3.63) is 17.8 Å². The second-order valence-corrected chi connectivity index (χ2v) is 8.03. The molecule has 0 saturated carbocycles. The number of nitrogens with one attached hydrogen (secondary N) is 1. The number of hydrogen-bond donors (Lipinski definition) is 1. The minimum Gasteiger partial charge on any atom is -0.448 e. The summed E-state index contributed by atoms with van der Waals surface area (Å²) in [7, 11) is -3.26. The highest BCUT2D eigenvalue weighted by Gasteiger charge is 2.39. The highest BCUT2D eigenvalue weighted by molar-refractivity contribution is 7.88. The van der Waals surface area contributed by atoms with E-state index in [1.54, 1.807) is 0 Å². The summed E-state index contributed by atoms with van der Waals surface area (Å²) in [5.74, 6) is 0.573. The van der Waals surface area contributed by atoms with Gasteiger partial charge in [0, 0.05) is 25.6 Å². The molecule has 1 N–H and O–H groups in total. The maximum atomic E-state index is 12.4. The van der Waals surface area contributed by atoms with E-state index in [-0.39, 0.29) is 29.5 Å². The zero-order valence-electron chi connectivity index (χ0n) is 13.4. The molecule has 7 nitrogen and oxygen atoms in total. The quantitative estimate of drug-likeness (QED) is 0.866. The molecule has 124 valence electrons. The van der Waals surface area contributed by atoms with Crippen molar-refractivity contribution in [2.45, 2.75) is 33.2 Å². The van der Waals surface area contributed by atoms with Gasteiger partial charge in [0.05, 0.1) is 6.26 Å². The van der Waals surface area contributed by atoms with Crippen molar-refractivity contribution >= 4 is 15.9 Å². The Morgan fingerprint density at radius 1 is 1.50 bits per heavy atom. The molecule has 1 aliphatic rings. The first-order valence-electron chi connectivity index (χ1n) is 7.42. The van der Waals surface area contributed by atoms with E-state index in [1.807, 2.05) is 20.8 Å². The Morgan fingerprint density at radius 2 is 2.18 bits per heavy atom. The van der Waals surface area contributed by atoms with Gasteiger partial charge in [0.25, 0.3) is 5.91 Å². The molecule has 0 spiro atoms. The van der Waals surface area contributed by atoms with Gasteiger partial charge in [0.2, 0.25) is 10.0 Å². The van der Waals surface area contributed by atoms with Gasteiger partial charge >= 0.3 is 0 Å². The van der Waals surface area contributed by atoms with Crippen LogP contribution in [0.1, 0.15) is 37.0 Å². The van der Waals surface area contributed by atoms with Gasteiger partial charge in [-0.1, -0.05) is 20.8 Å². The van der Waals surface area contributed by atoms with E-state index in [2.05, 4.69) is 10.3 Å². The molecule has 0 radical (unpaired) electrons. The molecule has 1 fully saturated rings. The number of sulfonamides is 1. The van der Waals surface area contributed by atoms with Crippen molar-refractivity contribution in [3.8, 4) is 0 Å². The molecular weight excluding hydrogens is 306 g/mol. The molecule has 0 aromatic carbocycles. The number of oxazole rings is 1. The van der Waals surface area contributed by atoms with Gasteiger partial charge < -0.3 is 9.73 Å². The molecule has 2 rings (SSSR count). The molecule has 1 aromatic rings. The highest BCUT2D eigenvalue weighted by Crippen LogP contribution is 2.26. The summed E-state index contributed by atoms with van der Waals surface area (Å²) in [5, 5.41) is 2.92. The molecule has 1 amide bonds. The summed E-state index contributed by atoms with van der Waals surface area (Å²) in [6, 6.07) is -0.219. The van der Waals surface area contributed by atoms with Crippen LogP contribution in [0.2, 0.25) is 0 Å². The van der Waals surface area contributed by atoms with Crippen molar-refractivity contribution in [2.75, 3.05) is 19.3 Å². The minimum absolute atomic E-state index is 0.0793. The Labute approximate surface area is 131 Å². The number of amides is 1. The van der Waals surface area contributed by atoms with E-state index in [9.17, 15) is 13.2 Å². The average molecular weight is 329 g/mol. The summed E-state index contributed by atoms with van der Waals surface area (Å²) < 4.78 is 30.1. The van der Waals surface area contributed by atoms with Crippen molar-refractivity contribution in [3.63, 3.8) is 0 Å². The largest absolute Gasteiger partial charge is 0.448 e. The molecule has 0 bridgehead atoms. The van der Waals surface area contributed by atoms with Gasteiger partial charge in [-0.3, -0.25) is 4.79 Å². The number of nitrogens with zero attached hydrogens (tertiary/aromatic N) is 2. The number of carbonyl (C=O) groups is 1. The molecule has 2 unspecified atom stereocenters. The third kappa shape index (κ3) is 3.49. The first-order valence-corrected chi connectivity index (χ1v) is 9.27. The lowest BCUT2D eigenvalue weighted by Crippen LogP contribution is -2.42. The van der Waals surface area contributed by atoms with Crippen molar-refractivity contribution < 1.29 is 17.6 Å². The first kappa shape index (κ1) is 17.0. The summed E-state index contributed by atoms with van der Waals surface area (Å²) >= 11 is 0. The molecule has 0 aliphatic carbocycles. The van der Waals surface area contributed by atoms with Crippen LogP contribution < -0.4 is 5.32 Å². The molecule has 1 aromatic heterocycles. The van der Waals surface area contributed by atoms with E-state index >= 15 is 0 Å². The van der Waals surface area contributed by atoms with Crippen LogP contribution in [0.4, 0.5) is 0 Å². The smallest absolute Gasteiger partial charge is 0.273 e. The maximum absolute atomic E-state index is 12.4. The van der Waals surface area contributed by atoms with Gasteiger partial charge in [0.1, 0.15) is 5.76 Å². The average Bonchev–Trinajstić information content (AvgIpc) is 3.03. The molecule has 1 saturated heterocycles. The van der Waals surface area contributed by atoms with E-state index < -0.39 is 10.0 Å². The zero-order valence-corrected chi connectivity index (χ0v) is 14.2. The van der Waals surface area contributed by atoms with E-state index in [4.69, 9.17) is 4.42 Å². The lowest BCUT2D eigenvalue weighted by Gasteiger charge is -2.22. The van der Waals surface area contributed by atoms with E-state index in [0.29, 0.717) is 25.3 Å². The van der Waals surface area contributed by atoms with Crippen LogP contribution in [-0.4, -0.2) is 49.0 Å². The van der Waals surface area contributed by atoms with Crippen LogP contribution >= 0.6 is 0 Å². The molecule has 2 atom stereocenters. The normalized spacial score (nSPS) is 23.1. The summed E-state index contributed by atoms with van der Waals surface area (Å²) in [6.45, 7) is 6.68. The standard InChI is InChI=1S/C14H23N3O4S/c1-5-12-13(15-8-21-12)14(18)16-11-7-17(22(4,19)20)6-10(11)9(2)3/h8-11H,5-7H2,1-4H3,(H,16,18). The predicted octanol–water partition coefficient (Wildman–Crippen LogP) is 0.883. The number of aromatic nitrogens is 1. The van der Waals surface area contributed by atoms with E-state index in [1.165, 1.54) is 17.0 Å². The van der Waals surface area contributed by atoms with Crippen LogP contribution in [0.5, 0.6) is 0 Å². The van der Waals surface area contributed by atoms with Gasteiger partial charge in [-0.2, -0.15) is 4.31 Å². The third-order valence-electron chi connectivity index (χ3n) is 4.15. The minimum atomic E-state index is -3.26. The molecule has 2 heterocycles. The van der Waals surface area contributed by atoms with Gasteiger partial charge in [-0.05, 0) is 11.8 Å². The second-order valence-electron chi connectivity index (χ2n) is 6.05. The number of aryl methyl sites for hydroxylation is 1. The predicted molar refractivity (Wildman–Crippen MR) is 81.9 cm³/mol. The fourth-order valence-electron chi connectivity index (χ4n) is 2.83. The summed E-state index contributed by atoms with van der Waals surface area (Å²) in [4.78, 5) is 16.3. The van der Waals surface area contributed by atoms with Gasteiger partial charge in [-0.15, -0.1) is 0 Å².